The summed E-state index contributed by atoms with van der Waals surface area (Å²) in [7, 11) is 0. The normalized spacial score (nSPS) is 12.0. The van der Waals surface area contributed by atoms with Gasteiger partial charge in [-0.2, -0.15) is 0 Å². The van der Waals surface area contributed by atoms with Gasteiger partial charge in [0.2, 0.25) is 0 Å². The Morgan fingerprint density at radius 2 is 2.00 bits per heavy atom. The van der Waals surface area contributed by atoms with Crippen LogP contribution in [0, 0.1) is 6.92 Å². The standard InChI is InChI=1S/C13H16N2O2/c1-8-14-10-6-5-9(12(16)17)7-11(10)15(8)13(2,3)4/h5-7H,1-4H3,(H,16,17). The molecule has 0 amide bonds. The van der Waals surface area contributed by atoms with Crippen LogP contribution >= 0.6 is 0 Å². The summed E-state index contributed by atoms with van der Waals surface area (Å²) in [5.74, 6) is -0.0127. The molecule has 2 aromatic rings. The van der Waals surface area contributed by atoms with Crippen molar-refractivity contribution in [1.29, 1.82) is 0 Å². The molecule has 1 aromatic carbocycles. The number of hydrogen-bond acceptors (Lipinski definition) is 2. The van der Waals surface area contributed by atoms with Gasteiger partial charge < -0.3 is 9.67 Å². The number of aryl methyl sites for hydroxylation is 1. The van der Waals surface area contributed by atoms with Crippen LogP contribution in [0.3, 0.4) is 0 Å². The molecule has 0 radical (unpaired) electrons. The molecular formula is C13H16N2O2. The zero-order chi connectivity index (χ0) is 12.8. The van der Waals surface area contributed by atoms with Gasteiger partial charge in [0.1, 0.15) is 5.82 Å². The monoisotopic (exact) mass is 232 g/mol. The Balaban J connectivity index is 2.78. The minimum atomic E-state index is -0.911. The molecule has 0 bridgehead atoms. The summed E-state index contributed by atoms with van der Waals surface area (Å²) in [4.78, 5) is 15.4. The number of aromatic nitrogens is 2. The van der Waals surface area contributed by atoms with Crippen molar-refractivity contribution in [1.82, 2.24) is 9.55 Å². The molecule has 0 saturated heterocycles. The molecule has 1 N–H and O–H groups in total. The Kier molecular flexibility index (Phi) is 2.45. The predicted molar refractivity (Wildman–Crippen MR) is 66.4 cm³/mol. The minimum Gasteiger partial charge on any atom is -0.478 e. The molecule has 1 aromatic heterocycles. The van der Waals surface area contributed by atoms with E-state index < -0.39 is 5.97 Å². The summed E-state index contributed by atoms with van der Waals surface area (Å²) >= 11 is 0. The number of carboxylic acids is 1. The molecule has 4 heteroatoms. The Labute approximate surface area is 99.9 Å². The van der Waals surface area contributed by atoms with E-state index in [4.69, 9.17) is 5.11 Å². The number of benzene rings is 1. The maximum atomic E-state index is 11.0. The van der Waals surface area contributed by atoms with Gasteiger partial charge in [-0.15, -0.1) is 0 Å². The molecule has 2 rings (SSSR count). The quantitative estimate of drug-likeness (QED) is 0.822. The minimum absolute atomic E-state index is 0.115. The van der Waals surface area contributed by atoms with Crippen LogP contribution in [0.25, 0.3) is 11.0 Å². The van der Waals surface area contributed by atoms with Gasteiger partial charge in [-0.05, 0) is 45.9 Å². The molecule has 90 valence electrons. The average molecular weight is 232 g/mol. The lowest BCUT2D eigenvalue weighted by molar-refractivity contribution is 0.0697. The van der Waals surface area contributed by atoms with Crippen LogP contribution in [0.15, 0.2) is 18.2 Å². The maximum absolute atomic E-state index is 11.0. The third-order valence-corrected chi connectivity index (χ3v) is 2.74. The maximum Gasteiger partial charge on any atom is 0.335 e. The van der Waals surface area contributed by atoms with Crippen molar-refractivity contribution in [3.05, 3.63) is 29.6 Å². The molecule has 0 fully saturated rings. The lowest BCUT2D eigenvalue weighted by Crippen LogP contribution is -2.22. The number of carbonyl (C=O) groups is 1. The number of nitrogens with zero attached hydrogens (tertiary/aromatic N) is 2. The smallest absolute Gasteiger partial charge is 0.335 e. The molecule has 0 aliphatic carbocycles. The SMILES string of the molecule is Cc1nc2ccc(C(=O)O)cc2n1C(C)(C)C. The van der Waals surface area contributed by atoms with E-state index in [2.05, 4.69) is 30.3 Å². The molecule has 0 aliphatic rings. The van der Waals surface area contributed by atoms with Crippen LogP contribution in [0.4, 0.5) is 0 Å². The highest BCUT2D eigenvalue weighted by Crippen LogP contribution is 2.25. The van der Waals surface area contributed by atoms with Crippen molar-refractivity contribution in [2.45, 2.75) is 33.2 Å². The molecule has 1 heterocycles. The van der Waals surface area contributed by atoms with Gasteiger partial charge in [-0.25, -0.2) is 9.78 Å². The van der Waals surface area contributed by atoms with Crippen LogP contribution in [0.1, 0.15) is 37.0 Å². The van der Waals surface area contributed by atoms with E-state index in [1.807, 2.05) is 6.92 Å². The number of hydrogen-bond donors (Lipinski definition) is 1. The summed E-state index contributed by atoms with van der Waals surface area (Å²) in [6.45, 7) is 8.17. The van der Waals surface area contributed by atoms with Crippen molar-refractivity contribution in [2.75, 3.05) is 0 Å². The van der Waals surface area contributed by atoms with Crippen molar-refractivity contribution in [3.63, 3.8) is 0 Å². The van der Waals surface area contributed by atoms with Gasteiger partial charge >= 0.3 is 5.97 Å². The highest BCUT2D eigenvalue weighted by atomic mass is 16.4. The van der Waals surface area contributed by atoms with Gasteiger partial charge in [0.25, 0.3) is 0 Å². The highest BCUT2D eigenvalue weighted by Gasteiger charge is 2.20. The fourth-order valence-corrected chi connectivity index (χ4v) is 2.18. The molecule has 0 aliphatic heterocycles. The zero-order valence-electron chi connectivity index (χ0n) is 10.5. The Morgan fingerprint density at radius 3 is 2.53 bits per heavy atom. The molecule has 0 atom stereocenters. The summed E-state index contributed by atoms with van der Waals surface area (Å²) in [5.41, 5.74) is 1.89. The van der Waals surface area contributed by atoms with Gasteiger partial charge in [0.15, 0.2) is 0 Å². The molecule has 4 nitrogen and oxygen atoms in total. The third-order valence-electron chi connectivity index (χ3n) is 2.74. The van der Waals surface area contributed by atoms with Crippen molar-refractivity contribution in [3.8, 4) is 0 Å². The lowest BCUT2D eigenvalue weighted by atomic mass is 10.1. The first kappa shape index (κ1) is 11.6. The molecule has 17 heavy (non-hydrogen) atoms. The van der Waals surface area contributed by atoms with Gasteiger partial charge in [-0.1, -0.05) is 0 Å². The highest BCUT2D eigenvalue weighted by molar-refractivity contribution is 5.92. The average Bonchev–Trinajstić information content (AvgIpc) is 2.51. The van der Waals surface area contributed by atoms with Gasteiger partial charge in [0.05, 0.1) is 16.6 Å². The first-order valence-corrected chi connectivity index (χ1v) is 5.53. The molecular weight excluding hydrogens is 216 g/mol. The van der Waals surface area contributed by atoms with Crippen LogP contribution in [0.2, 0.25) is 0 Å². The van der Waals surface area contributed by atoms with Gasteiger partial charge in [-0.3, -0.25) is 0 Å². The van der Waals surface area contributed by atoms with Crippen LogP contribution < -0.4 is 0 Å². The van der Waals surface area contributed by atoms with Crippen LogP contribution in [0.5, 0.6) is 0 Å². The van der Waals surface area contributed by atoms with E-state index in [1.165, 1.54) is 0 Å². The van der Waals surface area contributed by atoms with E-state index in [9.17, 15) is 4.79 Å². The molecule has 0 saturated carbocycles. The molecule has 0 unspecified atom stereocenters. The second-order valence-corrected chi connectivity index (χ2v) is 5.17. The predicted octanol–water partition coefficient (Wildman–Crippen LogP) is 2.80. The van der Waals surface area contributed by atoms with E-state index in [-0.39, 0.29) is 5.54 Å². The summed E-state index contributed by atoms with van der Waals surface area (Å²) in [5, 5.41) is 9.02. The van der Waals surface area contributed by atoms with Gasteiger partial charge in [0, 0.05) is 5.54 Å². The lowest BCUT2D eigenvalue weighted by Gasteiger charge is -2.23. The first-order chi connectivity index (χ1) is 7.80. The topological polar surface area (TPSA) is 55.1 Å². The number of rotatable bonds is 1. The zero-order valence-corrected chi connectivity index (χ0v) is 10.5. The Hall–Kier alpha value is -1.84. The number of aromatic carboxylic acids is 1. The summed E-state index contributed by atoms with van der Waals surface area (Å²) in [6.07, 6.45) is 0. The van der Waals surface area contributed by atoms with Crippen LogP contribution in [-0.2, 0) is 5.54 Å². The number of imidazole rings is 1. The number of carboxylic acid groups (broad SMARTS) is 1. The largest absolute Gasteiger partial charge is 0.478 e. The van der Waals surface area contributed by atoms with E-state index in [0.29, 0.717) is 5.56 Å². The first-order valence-electron chi connectivity index (χ1n) is 5.53. The molecule has 0 spiro atoms. The van der Waals surface area contributed by atoms with E-state index in [0.717, 1.165) is 16.9 Å². The summed E-state index contributed by atoms with van der Waals surface area (Å²) in [6, 6.07) is 5.03. The Morgan fingerprint density at radius 1 is 1.35 bits per heavy atom. The fourth-order valence-electron chi connectivity index (χ4n) is 2.18. The number of fused-ring (bicyclic) bond motifs is 1. The second-order valence-electron chi connectivity index (χ2n) is 5.17. The van der Waals surface area contributed by atoms with Crippen LogP contribution in [-0.4, -0.2) is 20.6 Å². The summed E-state index contributed by atoms with van der Waals surface area (Å²) < 4.78 is 2.06. The van der Waals surface area contributed by atoms with Crippen molar-refractivity contribution >= 4 is 17.0 Å². The van der Waals surface area contributed by atoms with Crippen molar-refractivity contribution < 1.29 is 9.90 Å². The van der Waals surface area contributed by atoms with E-state index >= 15 is 0 Å². The van der Waals surface area contributed by atoms with Crippen molar-refractivity contribution in [2.24, 2.45) is 0 Å². The third kappa shape index (κ3) is 1.90. The fraction of sp³-hybridized carbons (Fsp3) is 0.385. The Bertz CT molecular complexity index is 591. The van der Waals surface area contributed by atoms with E-state index in [1.54, 1.807) is 18.2 Å². The second kappa shape index (κ2) is 3.58.